The molecule has 0 aliphatic rings. The van der Waals surface area contributed by atoms with Crippen LogP contribution in [0.4, 0.5) is 0 Å². The number of rotatable bonds is 6. The first-order valence-electron chi connectivity index (χ1n) is 3.64. The van der Waals surface area contributed by atoms with Gasteiger partial charge in [0.25, 0.3) is 0 Å². The van der Waals surface area contributed by atoms with E-state index in [1.54, 1.807) is 0 Å². The Morgan fingerprint density at radius 3 is 2.80 bits per heavy atom. The molecule has 0 aromatic rings. The first-order chi connectivity index (χ1) is 4.85. The number of carbonyl (C=O) groups excluding carboxylic acids is 1. The van der Waals surface area contributed by atoms with Gasteiger partial charge in [-0.05, 0) is 0 Å². The van der Waals surface area contributed by atoms with Crippen LogP contribution in [0.3, 0.4) is 0 Å². The maximum absolute atomic E-state index is 10.3. The quantitative estimate of drug-likeness (QED) is 0.385. The Labute approximate surface area is 70.6 Å². The molecule has 0 bridgehead atoms. The molecule has 0 aromatic heterocycles. The van der Waals surface area contributed by atoms with Crippen LogP contribution in [0.15, 0.2) is 0 Å². The van der Waals surface area contributed by atoms with E-state index in [4.69, 9.17) is 0 Å². The van der Waals surface area contributed by atoms with E-state index in [-0.39, 0.29) is 6.04 Å². The van der Waals surface area contributed by atoms with Gasteiger partial charge in [0.1, 0.15) is 0 Å². The molecule has 0 saturated heterocycles. The third kappa shape index (κ3) is 4.98. The van der Waals surface area contributed by atoms with Crippen molar-refractivity contribution in [2.45, 2.75) is 31.1 Å². The molecule has 0 radical (unpaired) electrons. The van der Waals surface area contributed by atoms with E-state index in [9.17, 15) is 4.79 Å². The number of hydrogen-bond donors (Lipinski definition) is 1. The van der Waals surface area contributed by atoms with Crippen LogP contribution in [0, 0.1) is 0 Å². The van der Waals surface area contributed by atoms with Gasteiger partial charge in [0.15, 0.2) is 0 Å². The number of nitrogens with one attached hydrogen (secondary N) is 1. The topological polar surface area (TPSA) is 29.1 Å². The molecule has 3 heteroatoms. The number of hydrogen-bond acceptors (Lipinski definition) is 2. The van der Waals surface area contributed by atoms with Crippen molar-refractivity contribution in [1.82, 2.24) is 5.32 Å². The zero-order valence-electron chi connectivity index (χ0n) is 6.34. The van der Waals surface area contributed by atoms with Gasteiger partial charge in [-0.15, -0.1) is 0 Å². The van der Waals surface area contributed by atoms with Gasteiger partial charge in [-0.1, -0.05) is 0 Å². The van der Waals surface area contributed by atoms with Crippen molar-refractivity contribution < 1.29 is 4.79 Å². The summed E-state index contributed by atoms with van der Waals surface area (Å²) in [5.41, 5.74) is 0. The predicted octanol–water partition coefficient (Wildman–Crippen LogP) is 0.263. The van der Waals surface area contributed by atoms with Gasteiger partial charge >= 0.3 is 70.1 Å². The summed E-state index contributed by atoms with van der Waals surface area (Å²) in [6.45, 7) is 3.09. The van der Waals surface area contributed by atoms with E-state index in [2.05, 4.69) is 28.3 Å². The molecular formula is C7H15NOSe. The van der Waals surface area contributed by atoms with Gasteiger partial charge in [0.2, 0.25) is 0 Å². The molecule has 0 rings (SSSR count). The van der Waals surface area contributed by atoms with Crippen LogP contribution in [0.25, 0.3) is 0 Å². The maximum atomic E-state index is 10.3. The minimum atomic E-state index is 0.0477. The second kappa shape index (κ2) is 7.26. The first kappa shape index (κ1) is 10.1. The molecule has 0 fully saturated rings. The SMILES string of the molecule is CCCCN[C@H](C=O)C[SeH]. The van der Waals surface area contributed by atoms with E-state index >= 15 is 0 Å². The van der Waals surface area contributed by atoms with Crippen molar-refractivity contribution in [3.05, 3.63) is 0 Å². The van der Waals surface area contributed by atoms with E-state index < -0.39 is 0 Å². The summed E-state index contributed by atoms with van der Waals surface area (Å²) in [5, 5.41) is 3.97. The number of unbranched alkanes of at least 4 members (excludes halogenated alkanes) is 1. The summed E-state index contributed by atoms with van der Waals surface area (Å²) < 4.78 is 0. The molecule has 0 amide bonds. The van der Waals surface area contributed by atoms with E-state index in [0.717, 1.165) is 24.6 Å². The number of aldehydes is 1. The average molecular weight is 208 g/mol. The van der Waals surface area contributed by atoms with Gasteiger partial charge in [0, 0.05) is 0 Å². The van der Waals surface area contributed by atoms with Crippen molar-refractivity contribution in [1.29, 1.82) is 0 Å². The predicted molar refractivity (Wildman–Crippen MR) is 44.7 cm³/mol. The first-order valence-corrected chi connectivity index (χ1v) is 4.97. The Bertz CT molecular complexity index is 87.7. The average Bonchev–Trinajstić information content (AvgIpc) is 1.99. The molecular weight excluding hydrogens is 193 g/mol. The molecule has 1 atom stereocenters. The molecule has 0 spiro atoms. The van der Waals surface area contributed by atoms with Crippen molar-refractivity contribution in [2.75, 3.05) is 6.54 Å². The molecule has 10 heavy (non-hydrogen) atoms. The molecule has 0 saturated carbocycles. The van der Waals surface area contributed by atoms with Crippen molar-refractivity contribution >= 4 is 22.3 Å². The van der Waals surface area contributed by atoms with Gasteiger partial charge < -0.3 is 0 Å². The fourth-order valence-electron chi connectivity index (χ4n) is 0.620. The summed E-state index contributed by atoms with van der Waals surface area (Å²) in [6.07, 6.45) is 3.29. The molecule has 0 unspecified atom stereocenters. The van der Waals surface area contributed by atoms with Crippen LogP contribution in [0.2, 0.25) is 5.32 Å². The van der Waals surface area contributed by atoms with Gasteiger partial charge in [0.05, 0.1) is 0 Å². The monoisotopic (exact) mass is 209 g/mol. The van der Waals surface area contributed by atoms with E-state index in [1.807, 2.05) is 0 Å². The van der Waals surface area contributed by atoms with Gasteiger partial charge in [-0.25, -0.2) is 0 Å². The van der Waals surface area contributed by atoms with Crippen LogP contribution >= 0.6 is 0 Å². The fraction of sp³-hybridized carbons (Fsp3) is 0.857. The Morgan fingerprint density at radius 1 is 1.70 bits per heavy atom. The molecule has 60 valence electrons. The molecule has 0 aliphatic heterocycles. The van der Waals surface area contributed by atoms with Crippen LogP contribution < -0.4 is 5.32 Å². The Hall–Kier alpha value is 0.149. The Kier molecular flexibility index (Phi) is 7.37. The summed E-state index contributed by atoms with van der Waals surface area (Å²) in [5.74, 6) is 0. The standard InChI is InChI=1S/C7H15NOSe/c1-2-3-4-8-7(5-9)6-10/h5,7-8,10H,2-4,6H2,1H3/t7-/m1/s1. The molecule has 0 heterocycles. The van der Waals surface area contributed by atoms with Crippen LogP contribution in [0.1, 0.15) is 19.8 Å². The minimum absolute atomic E-state index is 0.0477. The van der Waals surface area contributed by atoms with Crippen molar-refractivity contribution in [2.24, 2.45) is 0 Å². The van der Waals surface area contributed by atoms with Gasteiger partial charge in [-0.3, -0.25) is 0 Å². The fourth-order valence-corrected chi connectivity index (χ4v) is 1.07. The molecule has 0 aromatic carbocycles. The van der Waals surface area contributed by atoms with Crippen LogP contribution in [-0.4, -0.2) is 34.9 Å². The summed E-state index contributed by atoms with van der Waals surface area (Å²) in [4.78, 5) is 10.3. The summed E-state index contributed by atoms with van der Waals surface area (Å²) >= 11 is 2.42. The Morgan fingerprint density at radius 2 is 2.40 bits per heavy atom. The Balaban J connectivity index is 3.17. The van der Waals surface area contributed by atoms with Crippen molar-refractivity contribution in [3.63, 3.8) is 0 Å². The zero-order chi connectivity index (χ0) is 7.82. The zero-order valence-corrected chi connectivity index (χ0v) is 8.22. The van der Waals surface area contributed by atoms with Crippen LogP contribution in [-0.2, 0) is 4.79 Å². The van der Waals surface area contributed by atoms with E-state index in [1.165, 1.54) is 6.42 Å². The second-order valence-corrected chi connectivity index (χ2v) is 3.00. The summed E-state index contributed by atoms with van der Waals surface area (Å²) in [7, 11) is 0. The van der Waals surface area contributed by atoms with Crippen molar-refractivity contribution in [3.8, 4) is 0 Å². The number of carbonyl (C=O) groups is 1. The third-order valence-corrected chi connectivity index (χ3v) is 2.12. The van der Waals surface area contributed by atoms with E-state index in [0.29, 0.717) is 0 Å². The van der Waals surface area contributed by atoms with Gasteiger partial charge in [-0.2, -0.15) is 0 Å². The normalized spacial score (nSPS) is 13.0. The summed E-state index contributed by atoms with van der Waals surface area (Å²) in [6, 6.07) is 0.0477. The molecule has 1 N–H and O–H groups in total. The third-order valence-electron chi connectivity index (χ3n) is 1.30. The van der Waals surface area contributed by atoms with Crippen LogP contribution in [0.5, 0.6) is 0 Å². The molecule has 0 aliphatic carbocycles. The molecule has 2 nitrogen and oxygen atoms in total. The second-order valence-electron chi connectivity index (χ2n) is 2.23.